The minimum absolute atomic E-state index is 0.809. The van der Waals surface area contributed by atoms with E-state index in [1.54, 1.807) is 0 Å². The molecule has 0 fully saturated rings. The Hall–Kier alpha value is -2.84. The maximum atomic E-state index is 4.19. The summed E-state index contributed by atoms with van der Waals surface area (Å²) in [5.74, 6) is 11.7. The normalized spacial score (nSPS) is 9.50. The van der Waals surface area contributed by atoms with Crippen molar-refractivity contribution < 1.29 is 0 Å². The van der Waals surface area contributed by atoms with Crippen molar-refractivity contribution in [1.29, 1.82) is 0 Å². The number of rotatable bonds is 2. The van der Waals surface area contributed by atoms with Gasteiger partial charge in [0, 0.05) is 11.1 Å². The standard InChI is InChI=1S/C18H14N2/c1-3-5-15-7-11-17(12-8-15)19-20-18-13-9-16(6-4-2)10-14-18/h7-14H,1-2H3. The molecule has 0 saturated carbocycles. The number of benzene rings is 2. The molecule has 0 aliphatic heterocycles. The van der Waals surface area contributed by atoms with Gasteiger partial charge in [-0.05, 0) is 62.4 Å². The summed E-state index contributed by atoms with van der Waals surface area (Å²) in [5, 5.41) is 8.39. The molecule has 0 atom stereocenters. The lowest BCUT2D eigenvalue weighted by molar-refractivity contribution is 1.23. The quantitative estimate of drug-likeness (QED) is 0.543. The third kappa shape index (κ3) is 3.83. The van der Waals surface area contributed by atoms with Gasteiger partial charge in [0.2, 0.25) is 0 Å². The van der Waals surface area contributed by atoms with Crippen molar-refractivity contribution in [3.63, 3.8) is 0 Å². The molecule has 0 aromatic heterocycles. The van der Waals surface area contributed by atoms with Crippen LogP contribution in [0.5, 0.6) is 0 Å². The Labute approximate surface area is 119 Å². The molecule has 0 heterocycles. The van der Waals surface area contributed by atoms with Gasteiger partial charge in [-0.25, -0.2) is 0 Å². The van der Waals surface area contributed by atoms with Gasteiger partial charge in [-0.2, -0.15) is 10.2 Å². The van der Waals surface area contributed by atoms with Crippen LogP contribution < -0.4 is 0 Å². The molecule has 2 heteroatoms. The summed E-state index contributed by atoms with van der Waals surface area (Å²) in [6, 6.07) is 15.4. The molecule has 0 spiro atoms. The van der Waals surface area contributed by atoms with Crippen molar-refractivity contribution >= 4 is 11.4 Å². The van der Waals surface area contributed by atoms with E-state index in [1.807, 2.05) is 62.4 Å². The molecule has 0 saturated heterocycles. The summed E-state index contributed by atoms with van der Waals surface area (Å²) in [7, 11) is 0. The Morgan fingerprint density at radius 3 is 1.25 bits per heavy atom. The first-order valence-corrected chi connectivity index (χ1v) is 6.29. The van der Waals surface area contributed by atoms with Crippen LogP contribution in [0, 0.1) is 23.7 Å². The lowest BCUT2D eigenvalue weighted by Gasteiger charge is -1.95. The molecule has 0 amide bonds. The van der Waals surface area contributed by atoms with Crippen molar-refractivity contribution in [3.8, 4) is 23.7 Å². The molecule has 0 aliphatic rings. The van der Waals surface area contributed by atoms with Crippen LogP contribution in [-0.4, -0.2) is 0 Å². The number of azo groups is 1. The third-order valence-corrected chi connectivity index (χ3v) is 2.55. The van der Waals surface area contributed by atoms with Gasteiger partial charge in [-0.1, -0.05) is 11.8 Å². The third-order valence-electron chi connectivity index (χ3n) is 2.55. The number of nitrogens with zero attached hydrogens (tertiary/aromatic N) is 2. The van der Waals surface area contributed by atoms with Gasteiger partial charge >= 0.3 is 0 Å². The molecular weight excluding hydrogens is 244 g/mol. The lowest BCUT2D eigenvalue weighted by Crippen LogP contribution is -1.72. The summed E-state index contributed by atoms with van der Waals surface area (Å²) >= 11 is 0. The largest absolute Gasteiger partial charge is 0.151 e. The molecule has 0 bridgehead atoms. The maximum absolute atomic E-state index is 4.19. The number of hydrogen-bond donors (Lipinski definition) is 0. The fourth-order valence-corrected chi connectivity index (χ4v) is 1.63. The van der Waals surface area contributed by atoms with E-state index >= 15 is 0 Å². The zero-order chi connectivity index (χ0) is 14.2. The summed E-state index contributed by atoms with van der Waals surface area (Å²) in [4.78, 5) is 0. The van der Waals surface area contributed by atoms with E-state index in [9.17, 15) is 0 Å². The van der Waals surface area contributed by atoms with E-state index in [4.69, 9.17) is 0 Å². The Balaban J connectivity index is 2.10. The predicted octanol–water partition coefficient (Wildman–Crippen LogP) is 4.84. The Kier molecular flexibility index (Phi) is 4.70. The van der Waals surface area contributed by atoms with Crippen LogP contribution in [0.2, 0.25) is 0 Å². The van der Waals surface area contributed by atoms with Gasteiger partial charge in [0.25, 0.3) is 0 Å². The molecule has 2 aromatic carbocycles. The van der Waals surface area contributed by atoms with E-state index in [2.05, 4.69) is 33.9 Å². The fraction of sp³-hybridized carbons (Fsp3) is 0.111. The van der Waals surface area contributed by atoms with E-state index < -0.39 is 0 Å². The van der Waals surface area contributed by atoms with Gasteiger partial charge in [0.05, 0.1) is 11.4 Å². The average Bonchev–Trinajstić information content (AvgIpc) is 2.49. The van der Waals surface area contributed by atoms with Crippen molar-refractivity contribution in [2.45, 2.75) is 13.8 Å². The molecule has 2 nitrogen and oxygen atoms in total. The molecular formula is C18H14N2. The monoisotopic (exact) mass is 258 g/mol. The topological polar surface area (TPSA) is 24.7 Å². The lowest BCUT2D eigenvalue weighted by atomic mass is 10.2. The Morgan fingerprint density at radius 1 is 0.600 bits per heavy atom. The smallest absolute Gasteiger partial charge is 0.0857 e. The van der Waals surface area contributed by atoms with Crippen LogP contribution in [0.15, 0.2) is 58.8 Å². The van der Waals surface area contributed by atoms with Crippen molar-refractivity contribution in [1.82, 2.24) is 0 Å². The Morgan fingerprint density at radius 2 is 0.950 bits per heavy atom. The van der Waals surface area contributed by atoms with Crippen LogP contribution in [0.4, 0.5) is 11.4 Å². The van der Waals surface area contributed by atoms with Crippen LogP contribution in [0.3, 0.4) is 0 Å². The van der Waals surface area contributed by atoms with E-state index in [0.29, 0.717) is 0 Å². The molecule has 2 aromatic rings. The van der Waals surface area contributed by atoms with Gasteiger partial charge in [0.1, 0.15) is 0 Å². The molecule has 0 aliphatic carbocycles. The molecule has 20 heavy (non-hydrogen) atoms. The van der Waals surface area contributed by atoms with Crippen LogP contribution >= 0.6 is 0 Å². The SMILES string of the molecule is CC#Cc1ccc(N=Nc2ccc(C#CC)cc2)cc1. The fourth-order valence-electron chi connectivity index (χ4n) is 1.63. The average molecular weight is 258 g/mol. The Bertz CT molecular complexity index is 650. The van der Waals surface area contributed by atoms with Gasteiger partial charge in [-0.15, -0.1) is 11.8 Å². The molecule has 96 valence electrons. The summed E-state index contributed by atoms with van der Waals surface area (Å²) in [6.07, 6.45) is 0. The van der Waals surface area contributed by atoms with Gasteiger partial charge in [0.15, 0.2) is 0 Å². The first-order chi connectivity index (χ1) is 9.81. The van der Waals surface area contributed by atoms with Crippen LogP contribution in [0.1, 0.15) is 25.0 Å². The molecule has 0 radical (unpaired) electrons. The van der Waals surface area contributed by atoms with Crippen LogP contribution in [-0.2, 0) is 0 Å². The van der Waals surface area contributed by atoms with Gasteiger partial charge in [-0.3, -0.25) is 0 Å². The van der Waals surface area contributed by atoms with E-state index in [-0.39, 0.29) is 0 Å². The molecule has 0 N–H and O–H groups in total. The van der Waals surface area contributed by atoms with Crippen LogP contribution in [0.25, 0.3) is 0 Å². The zero-order valence-electron chi connectivity index (χ0n) is 11.5. The minimum atomic E-state index is 0.809. The van der Waals surface area contributed by atoms with Crippen molar-refractivity contribution in [3.05, 3.63) is 59.7 Å². The second-order valence-electron chi connectivity index (χ2n) is 4.04. The second kappa shape index (κ2) is 6.92. The summed E-state index contributed by atoms with van der Waals surface area (Å²) < 4.78 is 0. The van der Waals surface area contributed by atoms with E-state index in [1.165, 1.54) is 0 Å². The summed E-state index contributed by atoms with van der Waals surface area (Å²) in [5.41, 5.74) is 3.58. The molecule has 2 rings (SSSR count). The summed E-state index contributed by atoms with van der Waals surface area (Å²) in [6.45, 7) is 3.64. The predicted molar refractivity (Wildman–Crippen MR) is 82.2 cm³/mol. The number of hydrogen-bond acceptors (Lipinski definition) is 2. The zero-order valence-corrected chi connectivity index (χ0v) is 11.5. The highest BCUT2D eigenvalue weighted by Gasteiger charge is 1.92. The maximum Gasteiger partial charge on any atom is 0.0857 e. The highest BCUT2D eigenvalue weighted by atomic mass is 15.1. The van der Waals surface area contributed by atoms with Gasteiger partial charge < -0.3 is 0 Å². The minimum Gasteiger partial charge on any atom is -0.151 e. The van der Waals surface area contributed by atoms with E-state index in [0.717, 1.165) is 22.5 Å². The van der Waals surface area contributed by atoms with Crippen molar-refractivity contribution in [2.24, 2.45) is 10.2 Å². The highest BCUT2D eigenvalue weighted by molar-refractivity contribution is 5.46. The second-order valence-corrected chi connectivity index (χ2v) is 4.04. The highest BCUT2D eigenvalue weighted by Crippen LogP contribution is 2.18. The first-order valence-electron chi connectivity index (χ1n) is 6.29. The van der Waals surface area contributed by atoms with Crippen molar-refractivity contribution in [2.75, 3.05) is 0 Å². The first kappa shape index (κ1) is 13.6. The molecule has 0 unspecified atom stereocenters.